The summed E-state index contributed by atoms with van der Waals surface area (Å²) in [6.07, 6.45) is 3.15. The minimum absolute atomic E-state index is 0.0832. The van der Waals surface area contributed by atoms with Gasteiger partial charge in [0, 0.05) is 47.9 Å². The zero-order valence-electron chi connectivity index (χ0n) is 15.4. The number of hydrogen-bond acceptors (Lipinski definition) is 5. The number of hydrogen-bond donors (Lipinski definition) is 1. The molecular weight excluding hydrogens is 376 g/mol. The van der Waals surface area contributed by atoms with E-state index in [1.807, 2.05) is 24.3 Å². The molecule has 1 saturated heterocycles. The molecule has 1 N–H and O–H groups in total. The molecule has 2 aromatic carbocycles. The molecule has 0 bridgehead atoms. The standard InChI is InChI=1S/C21H21ClN4O2/c22-16-5-3-15(4-6-16)21-24-20(28-25-21)12-11-19(27)23-17-7-9-18(10-8-17)26-13-1-2-14-26/h3-10H,1-2,11-14H2,(H,23,27). The number of halogens is 1. The Balaban J connectivity index is 1.29. The number of nitrogens with zero attached hydrogens (tertiary/aromatic N) is 3. The van der Waals surface area contributed by atoms with E-state index >= 15 is 0 Å². The number of nitrogens with one attached hydrogen (secondary N) is 1. The lowest BCUT2D eigenvalue weighted by molar-refractivity contribution is -0.116. The average Bonchev–Trinajstić information content (AvgIpc) is 3.40. The van der Waals surface area contributed by atoms with Crippen LogP contribution >= 0.6 is 11.6 Å². The van der Waals surface area contributed by atoms with Crippen molar-refractivity contribution in [2.75, 3.05) is 23.3 Å². The third-order valence-electron chi connectivity index (χ3n) is 4.76. The average molecular weight is 397 g/mol. The third kappa shape index (κ3) is 4.51. The highest BCUT2D eigenvalue weighted by Gasteiger charge is 2.13. The Kier molecular flexibility index (Phi) is 5.58. The van der Waals surface area contributed by atoms with Gasteiger partial charge < -0.3 is 14.7 Å². The topological polar surface area (TPSA) is 71.3 Å². The number of amides is 1. The van der Waals surface area contributed by atoms with Crippen LogP contribution in [-0.4, -0.2) is 29.1 Å². The molecule has 0 radical (unpaired) electrons. The monoisotopic (exact) mass is 396 g/mol. The Morgan fingerprint density at radius 1 is 1.07 bits per heavy atom. The van der Waals surface area contributed by atoms with Crippen LogP contribution in [-0.2, 0) is 11.2 Å². The Labute approximate surface area is 168 Å². The molecule has 6 nitrogen and oxygen atoms in total. The predicted molar refractivity (Wildman–Crippen MR) is 110 cm³/mol. The lowest BCUT2D eigenvalue weighted by Gasteiger charge is -2.17. The molecule has 28 heavy (non-hydrogen) atoms. The second-order valence-corrected chi connectivity index (χ2v) is 7.24. The van der Waals surface area contributed by atoms with Crippen molar-refractivity contribution in [1.82, 2.24) is 10.1 Å². The van der Waals surface area contributed by atoms with E-state index in [2.05, 4.69) is 32.5 Å². The van der Waals surface area contributed by atoms with Crippen LogP contribution in [0.1, 0.15) is 25.2 Å². The smallest absolute Gasteiger partial charge is 0.227 e. The van der Waals surface area contributed by atoms with Gasteiger partial charge in [0.2, 0.25) is 17.6 Å². The maximum atomic E-state index is 12.2. The van der Waals surface area contributed by atoms with Crippen molar-refractivity contribution in [1.29, 1.82) is 0 Å². The normalized spacial score (nSPS) is 13.7. The van der Waals surface area contributed by atoms with Gasteiger partial charge in [0.05, 0.1) is 0 Å². The van der Waals surface area contributed by atoms with Crippen LogP contribution in [0.4, 0.5) is 11.4 Å². The second-order valence-electron chi connectivity index (χ2n) is 6.81. The summed E-state index contributed by atoms with van der Waals surface area (Å²) in [5.74, 6) is 0.842. The van der Waals surface area contributed by atoms with E-state index < -0.39 is 0 Å². The molecule has 4 rings (SSSR count). The highest BCUT2D eigenvalue weighted by molar-refractivity contribution is 6.30. The molecule has 7 heteroatoms. The summed E-state index contributed by atoms with van der Waals surface area (Å²) in [6, 6.07) is 15.2. The Bertz CT molecular complexity index is 932. The minimum atomic E-state index is -0.0832. The van der Waals surface area contributed by atoms with Crippen LogP contribution in [0.3, 0.4) is 0 Å². The number of carbonyl (C=O) groups is 1. The molecule has 1 amide bonds. The van der Waals surface area contributed by atoms with Crippen molar-refractivity contribution in [3.05, 3.63) is 59.4 Å². The second kappa shape index (κ2) is 8.44. The van der Waals surface area contributed by atoms with E-state index in [1.54, 1.807) is 12.1 Å². The first-order valence-electron chi connectivity index (χ1n) is 9.41. The number of rotatable bonds is 6. The van der Waals surface area contributed by atoms with Gasteiger partial charge in [0.15, 0.2) is 0 Å². The molecule has 0 spiro atoms. The number of carbonyl (C=O) groups excluding carboxylic acids is 1. The lowest BCUT2D eigenvalue weighted by atomic mass is 10.2. The quantitative estimate of drug-likeness (QED) is 0.661. The SMILES string of the molecule is O=C(CCc1nc(-c2ccc(Cl)cc2)no1)Nc1ccc(N2CCCC2)cc1. The van der Waals surface area contributed by atoms with Gasteiger partial charge in [-0.3, -0.25) is 4.79 Å². The first-order chi connectivity index (χ1) is 13.7. The zero-order valence-corrected chi connectivity index (χ0v) is 16.2. The van der Waals surface area contributed by atoms with E-state index in [9.17, 15) is 4.79 Å². The number of aryl methyl sites for hydroxylation is 1. The fourth-order valence-electron chi connectivity index (χ4n) is 3.25. The summed E-state index contributed by atoms with van der Waals surface area (Å²) in [4.78, 5) is 18.9. The molecule has 1 fully saturated rings. The van der Waals surface area contributed by atoms with Crippen LogP contribution < -0.4 is 10.2 Å². The highest BCUT2D eigenvalue weighted by atomic mass is 35.5. The summed E-state index contributed by atoms with van der Waals surface area (Å²) in [7, 11) is 0. The van der Waals surface area contributed by atoms with Gasteiger partial charge in [-0.2, -0.15) is 4.98 Å². The molecule has 144 valence electrons. The van der Waals surface area contributed by atoms with Crippen LogP contribution in [0.5, 0.6) is 0 Å². The van der Waals surface area contributed by atoms with E-state index in [1.165, 1.54) is 18.5 Å². The minimum Gasteiger partial charge on any atom is -0.372 e. The largest absolute Gasteiger partial charge is 0.372 e. The van der Waals surface area contributed by atoms with Gasteiger partial charge in [0.25, 0.3) is 0 Å². The Morgan fingerprint density at radius 3 is 2.50 bits per heavy atom. The highest BCUT2D eigenvalue weighted by Crippen LogP contribution is 2.22. The van der Waals surface area contributed by atoms with Crippen LogP contribution in [0, 0.1) is 0 Å². The van der Waals surface area contributed by atoms with E-state index in [0.29, 0.717) is 23.2 Å². The van der Waals surface area contributed by atoms with Gasteiger partial charge in [-0.05, 0) is 61.4 Å². The van der Waals surface area contributed by atoms with E-state index in [-0.39, 0.29) is 12.3 Å². The number of aromatic nitrogens is 2. The molecule has 0 saturated carbocycles. The van der Waals surface area contributed by atoms with Gasteiger partial charge >= 0.3 is 0 Å². The summed E-state index contributed by atoms with van der Waals surface area (Å²) in [6.45, 7) is 2.21. The maximum Gasteiger partial charge on any atom is 0.227 e. The summed E-state index contributed by atoms with van der Waals surface area (Å²) in [5, 5.41) is 7.52. The zero-order chi connectivity index (χ0) is 19.3. The van der Waals surface area contributed by atoms with Crippen molar-refractivity contribution in [3.8, 4) is 11.4 Å². The van der Waals surface area contributed by atoms with E-state index in [0.717, 1.165) is 24.3 Å². The third-order valence-corrected chi connectivity index (χ3v) is 5.01. The van der Waals surface area contributed by atoms with Crippen LogP contribution in [0.2, 0.25) is 5.02 Å². The predicted octanol–water partition coefficient (Wildman–Crippen LogP) is 4.56. The van der Waals surface area contributed by atoms with Crippen molar-refractivity contribution in [3.63, 3.8) is 0 Å². The molecule has 0 aliphatic carbocycles. The van der Waals surface area contributed by atoms with Crippen molar-refractivity contribution in [2.45, 2.75) is 25.7 Å². The fraction of sp³-hybridized carbons (Fsp3) is 0.286. The molecule has 1 aromatic heterocycles. The molecule has 0 atom stereocenters. The van der Waals surface area contributed by atoms with E-state index in [4.69, 9.17) is 16.1 Å². The van der Waals surface area contributed by atoms with Crippen molar-refractivity contribution < 1.29 is 9.32 Å². The number of benzene rings is 2. The molecular formula is C21H21ClN4O2. The van der Waals surface area contributed by atoms with Gasteiger partial charge in [-0.15, -0.1) is 0 Å². The lowest BCUT2D eigenvalue weighted by Crippen LogP contribution is -2.17. The molecule has 2 heterocycles. The Hall–Kier alpha value is -2.86. The molecule has 1 aliphatic heterocycles. The summed E-state index contributed by atoms with van der Waals surface area (Å²) >= 11 is 5.89. The Morgan fingerprint density at radius 2 is 1.79 bits per heavy atom. The molecule has 0 unspecified atom stereocenters. The van der Waals surface area contributed by atoms with Crippen molar-refractivity contribution in [2.24, 2.45) is 0 Å². The van der Waals surface area contributed by atoms with Crippen LogP contribution in [0.15, 0.2) is 53.1 Å². The van der Waals surface area contributed by atoms with Gasteiger partial charge in [-0.1, -0.05) is 16.8 Å². The summed E-state index contributed by atoms with van der Waals surface area (Å²) in [5.41, 5.74) is 2.82. The van der Waals surface area contributed by atoms with Crippen molar-refractivity contribution >= 4 is 28.9 Å². The van der Waals surface area contributed by atoms with Gasteiger partial charge in [0.1, 0.15) is 0 Å². The molecule has 1 aliphatic rings. The maximum absolute atomic E-state index is 12.2. The molecule has 3 aromatic rings. The number of anilines is 2. The first-order valence-corrected chi connectivity index (χ1v) is 9.78. The summed E-state index contributed by atoms with van der Waals surface area (Å²) < 4.78 is 5.24. The first kappa shape index (κ1) is 18.5. The fourth-order valence-corrected chi connectivity index (χ4v) is 3.37. The van der Waals surface area contributed by atoms with Crippen LogP contribution in [0.25, 0.3) is 11.4 Å². The van der Waals surface area contributed by atoms with Gasteiger partial charge in [-0.25, -0.2) is 0 Å².